The van der Waals surface area contributed by atoms with Crippen molar-refractivity contribution in [1.29, 1.82) is 0 Å². The maximum atomic E-state index is 6.65. The molecule has 0 radical (unpaired) electrons. The van der Waals surface area contributed by atoms with Gasteiger partial charge in [0.25, 0.3) is 0 Å². The van der Waals surface area contributed by atoms with E-state index < -0.39 is 17.7 Å². The number of thioether (sulfide) groups is 1. The van der Waals surface area contributed by atoms with E-state index >= 15 is 0 Å². The average Bonchev–Trinajstić information content (AvgIpc) is 2.86. The fraction of sp³-hybridized carbons (Fsp3) is 0.714. The van der Waals surface area contributed by atoms with E-state index in [1.165, 1.54) is 11.3 Å². The summed E-state index contributed by atoms with van der Waals surface area (Å²) in [4.78, 5) is 13.3. The molecule has 1 aromatic rings. The molecular formula is C21H27BrO4S. The third-order valence-electron chi connectivity index (χ3n) is 7.09. The normalized spacial score (nSPS) is 51.5. The van der Waals surface area contributed by atoms with Crippen LogP contribution in [0.3, 0.4) is 0 Å². The van der Waals surface area contributed by atoms with Crippen molar-refractivity contribution in [3.63, 3.8) is 0 Å². The van der Waals surface area contributed by atoms with Crippen LogP contribution in [0, 0.1) is 17.8 Å². The number of hydrogen-bond acceptors (Lipinski definition) is 5. The van der Waals surface area contributed by atoms with Crippen LogP contribution in [0.5, 0.6) is 0 Å². The summed E-state index contributed by atoms with van der Waals surface area (Å²) in [5, 5.41) is 0. The number of halogens is 1. The fourth-order valence-electron chi connectivity index (χ4n) is 5.62. The van der Waals surface area contributed by atoms with Gasteiger partial charge in [0.15, 0.2) is 11.9 Å². The smallest absolute Gasteiger partial charge is 0.201 e. The van der Waals surface area contributed by atoms with Gasteiger partial charge in [-0.1, -0.05) is 52.8 Å². The highest BCUT2D eigenvalue weighted by Gasteiger charge is 2.72. The Balaban J connectivity index is 1.55. The molecule has 8 atom stereocenters. The number of hydrogen-bond donors (Lipinski definition) is 0. The second-order valence-electron chi connectivity index (χ2n) is 8.91. The molecule has 4 nitrogen and oxygen atoms in total. The maximum Gasteiger partial charge on any atom is 0.201 e. The summed E-state index contributed by atoms with van der Waals surface area (Å²) in [7, 11) is 0. The van der Waals surface area contributed by atoms with E-state index in [-0.39, 0.29) is 15.7 Å². The topological polar surface area (TPSA) is 36.9 Å². The van der Waals surface area contributed by atoms with Crippen molar-refractivity contribution in [2.24, 2.45) is 17.8 Å². The largest absolute Gasteiger partial charge is 0.334 e. The molecule has 1 unspecified atom stereocenters. The van der Waals surface area contributed by atoms with Gasteiger partial charge in [-0.25, -0.2) is 9.78 Å². The van der Waals surface area contributed by atoms with Gasteiger partial charge < -0.3 is 9.47 Å². The van der Waals surface area contributed by atoms with Gasteiger partial charge in [-0.05, 0) is 57.1 Å². The van der Waals surface area contributed by atoms with Crippen LogP contribution in [-0.4, -0.2) is 27.4 Å². The van der Waals surface area contributed by atoms with Crippen molar-refractivity contribution < 1.29 is 19.2 Å². The number of benzene rings is 1. The van der Waals surface area contributed by atoms with Gasteiger partial charge in [-0.2, -0.15) is 0 Å². The molecule has 0 N–H and O–H groups in total. The van der Waals surface area contributed by atoms with Crippen molar-refractivity contribution in [2.75, 3.05) is 0 Å². The maximum absolute atomic E-state index is 6.65. The fourth-order valence-corrected chi connectivity index (χ4v) is 7.70. The summed E-state index contributed by atoms with van der Waals surface area (Å²) in [5.41, 5.74) is -0.610. The molecule has 1 aromatic carbocycles. The van der Waals surface area contributed by atoms with Gasteiger partial charge in [0.05, 0.1) is 4.32 Å². The predicted octanol–water partition coefficient (Wildman–Crippen LogP) is 5.50. The molecule has 4 saturated heterocycles. The van der Waals surface area contributed by atoms with Crippen LogP contribution in [0.1, 0.15) is 46.5 Å². The van der Waals surface area contributed by atoms with Crippen LogP contribution in [0.15, 0.2) is 35.2 Å². The Kier molecular flexibility index (Phi) is 4.51. The Morgan fingerprint density at radius 1 is 1.07 bits per heavy atom. The highest BCUT2D eigenvalue weighted by molar-refractivity contribution is 9.10. The predicted molar refractivity (Wildman–Crippen MR) is 107 cm³/mol. The van der Waals surface area contributed by atoms with Gasteiger partial charge >= 0.3 is 0 Å². The highest BCUT2D eigenvalue weighted by atomic mass is 79.9. The van der Waals surface area contributed by atoms with Crippen LogP contribution in [0.2, 0.25) is 0 Å². The summed E-state index contributed by atoms with van der Waals surface area (Å²) in [6, 6.07) is 10.4. The molecule has 0 amide bonds. The summed E-state index contributed by atoms with van der Waals surface area (Å²) >= 11 is 5.84. The van der Waals surface area contributed by atoms with Crippen molar-refractivity contribution in [1.82, 2.24) is 0 Å². The lowest BCUT2D eigenvalue weighted by Gasteiger charge is -2.62. The third-order valence-corrected chi connectivity index (χ3v) is 9.72. The monoisotopic (exact) mass is 454 g/mol. The van der Waals surface area contributed by atoms with Crippen molar-refractivity contribution in [3.8, 4) is 0 Å². The van der Waals surface area contributed by atoms with Gasteiger partial charge in [0.1, 0.15) is 5.44 Å². The zero-order chi connectivity index (χ0) is 18.9. The van der Waals surface area contributed by atoms with Gasteiger partial charge in [0, 0.05) is 17.2 Å². The van der Waals surface area contributed by atoms with Gasteiger partial charge in [-0.3, -0.25) is 0 Å². The Labute approximate surface area is 173 Å². The SMILES string of the molecule is C[C@@H]1CC[C@H]2C(C)(Br)[C@@H](Sc3ccccc3)O[C@@H]3O[C@@]4(C)CC[C@@H]1[C@]32OO4. The minimum Gasteiger partial charge on any atom is -0.334 e. The van der Waals surface area contributed by atoms with Gasteiger partial charge in [0.2, 0.25) is 5.79 Å². The van der Waals surface area contributed by atoms with E-state index in [1.54, 1.807) is 11.8 Å². The Morgan fingerprint density at radius 3 is 2.63 bits per heavy atom. The van der Waals surface area contributed by atoms with Crippen LogP contribution in [0.25, 0.3) is 0 Å². The Hall–Kier alpha value is -0.110. The number of alkyl halides is 1. The quantitative estimate of drug-likeness (QED) is 0.435. The van der Waals surface area contributed by atoms with Crippen molar-refractivity contribution in [3.05, 3.63) is 30.3 Å². The zero-order valence-electron chi connectivity index (χ0n) is 16.0. The van der Waals surface area contributed by atoms with Crippen LogP contribution >= 0.6 is 27.7 Å². The lowest BCUT2D eigenvalue weighted by Crippen LogP contribution is -2.73. The first-order valence-electron chi connectivity index (χ1n) is 9.96. The number of ether oxygens (including phenoxy) is 2. The molecule has 1 saturated carbocycles. The van der Waals surface area contributed by atoms with Crippen LogP contribution < -0.4 is 0 Å². The van der Waals surface area contributed by atoms with E-state index in [0.717, 1.165) is 19.3 Å². The molecule has 148 valence electrons. The standard InChI is InChI=1S/C21H27BrO4S/c1-13-9-10-16-20(3,22)18(27-14-7-5-4-6-8-14)23-17-21(16)15(13)11-12-19(2,24-17)25-26-21/h4-8,13,15-18H,9-12H2,1-3H3/t13-,15+,16+,17-,18-,19-,20?,21-/m1/s1. The number of fused-ring (bicyclic) bond motifs is 2. The third kappa shape index (κ3) is 2.78. The minimum atomic E-state index is -0.723. The average molecular weight is 455 g/mol. The van der Waals surface area contributed by atoms with Crippen LogP contribution in [0.4, 0.5) is 0 Å². The summed E-state index contributed by atoms with van der Waals surface area (Å²) in [6.45, 7) is 6.56. The number of rotatable bonds is 2. The Bertz CT molecular complexity index is 715. The Morgan fingerprint density at radius 2 is 1.85 bits per heavy atom. The van der Waals surface area contributed by atoms with Gasteiger partial charge in [-0.15, -0.1) is 0 Å². The second kappa shape index (κ2) is 6.44. The van der Waals surface area contributed by atoms with E-state index in [0.29, 0.717) is 11.8 Å². The molecule has 0 aromatic heterocycles. The summed E-state index contributed by atoms with van der Waals surface area (Å²) < 4.78 is 12.8. The molecule has 1 spiro atoms. The van der Waals surface area contributed by atoms with E-state index in [4.69, 9.17) is 19.2 Å². The molecule has 6 rings (SSSR count). The summed E-state index contributed by atoms with van der Waals surface area (Å²) in [5.74, 6) is 0.486. The first-order chi connectivity index (χ1) is 12.9. The molecule has 4 heterocycles. The molecule has 27 heavy (non-hydrogen) atoms. The zero-order valence-corrected chi connectivity index (χ0v) is 18.4. The lowest BCUT2D eigenvalue weighted by atomic mass is 9.58. The molecule has 1 aliphatic carbocycles. The molecule has 6 heteroatoms. The van der Waals surface area contributed by atoms with Crippen molar-refractivity contribution >= 4 is 27.7 Å². The molecule has 4 aliphatic heterocycles. The second-order valence-corrected chi connectivity index (χ2v) is 11.8. The van der Waals surface area contributed by atoms with E-state index in [1.807, 2.05) is 13.0 Å². The summed E-state index contributed by atoms with van der Waals surface area (Å²) in [6.07, 6.45) is 3.77. The van der Waals surface area contributed by atoms with E-state index in [2.05, 4.69) is 54.0 Å². The van der Waals surface area contributed by atoms with Crippen LogP contribution in [-0.2, 0) is 19.2 Å². The first-order valence-corrected chi connectivity index (χ1v) is 11.6. The molecule has 5 fully saturated rings. The minimum absolute atomic E-state index is 0.0684. The van der Waals surface area contributed by atoms with E-state index in [9.17, 15) is 0 Å². The highest BCUT2D eigenvalue weighted by Crippen LogP contribution is 2.64. The van der Waals surface area contributed by atoms with Crippen molar-refractivity contribution in [2.45, 2.75) is 78.8 Å². The first kappa shape index (κ1) is 18.9. The lowest BCUT2D eigenvalue weighted by molar-refractivity contribution is -0.566. The molecule has 2 bridgehead atoms. The molecular weight excluding hydrogens is 428 g/mol. The molecule has 5 aliphatic rings.